The Kier molecular flexibility index (Phi) is 6.54. The number of nitrogens with zero attached hydrogens (tertiary/aromatic N) is 1. The highest BCUT2D eigenvalue weighted by Gasteiger charge is 2.40. The normalized spacial score (nSPS) is 13.8. The maximum Gasteiger partial charge on any atom is 0.336 e. The van der Waals surface area contributed by atoms with Gasteiger partial charge in [0.25, 0.3) is 26.1 Å². The zero-order valence-corrected chi connectivity index (χ0v) is 21.9. The molecule has 0 saturated heterocycles. The molecule has 1 aliphatic rings. The number of aromatic nitrogens is 1. The highest BCUT2D eigenvalue weighted by molar-refractivity contribution is 7.86. The highest BCUT2D eigenvalue weighted by Crippen LogP contribution is 2.35. The second-order valence-electron chi connectivity index (χ2n) is 8.90. The molecule has 0 aliphatic heterocycles. The van der Waals surface area contributed by atoms with E-state index < -0.39 is 70.5 Å². The number of carbonyl (C=O) groups is 4. The number of nitrogens with one attached hydrogen (secondary N) is 1. The fraction of sp³-hybridized carbons (Fsp3) is 0.0385. The van der Waals surface area contributed by atoms with Crippen molar-refractivity contribution >= 4 is 60.3 Å². The molecule has 0 saturated carbocycles. The van der Waals surface area contributed by atoms with Crippen LogP contribution in [0.2, 0.25) is 0 Å². The van der Waals surface area contributed by atoms with E-state index in [1.54, 1.807) is 12.1 Å². The first-order chi connectivity index (χ1) is 19.2. The van der Waals surface area contributed by atoms with Gasteiger partial charge in [0.15, 0.2) is 11.6 Å². The van der Waals surface area contributed by atoms with Gasteiger partial charge in [-0.2, -0.15) is 16.8 Å². The second kappa shape index (κ2) is 9.67. The van der Waals surface area contributed by atoms with Gasteiger partial charge in [-0.3, -0.25) is 23.5 Å². The van der Waals surface area contributed by atoms with Crippen LogP contribution in [0.1, 0.15) is 53.0 Å². The smallest absolute Gasteiger partial charge is 0.336 e. The van der Waals surface area contributed by atoms with Gasteiger partial charge in [-0.05, 0) is 36.4 Å². The number of ketones is 2. The number of benzene rings is 3. The number of pyridine rings is 1. The Bertz CT molecular complexity index is 2040. The number of hydrogen-bond acceptors (Lipinski definition) is 9. The molecule has 0 unspecified atom stereocenters. The van der Waals surface area contributed by atoms with Gasteiger partial charge in [-0.25, -0.2) is 9.78 Å². The lowest BCUT2D eigenvalue weighted by molar-refractivity contribution is 0.0691. The van der Waals surface area contributed by atoms with Crippen molar-refractivity contribution in [3.8, 4) is 0 Å². The highest BCUT2D eigenvalue weighted by atomic mass is 32.2. The molecule has 0 fully saturated rings. The summed E-state index contributed by atoms with van der Waals surface area (Å²) in [6.07, 6.45) is 0. The Hall–Kier alpha value is -4.83. The summed E-state index contributed by atoms with van der Waals surface area (Å²) in [6, 6.07) is 12.8. The lowest BCUT2D eigenvalue weighted by Gasteiger charge is -2.14. The summed E-state index contributed by atoms with van der Waals surface area (Å²) in [7, 11) is -9.68. The lowest BCUT2D eigenvalue weighted by atomic mass is 9.98. The van der Waals surface area contributed by atoms with Crippen molar-refractivity contribution in [3.05, 3.63) is 94.7 Å². The Morgan fingerprint density at radius 3 is 1.93 bits per heavy atom. The molecule has 0 spiro atoms. The molecule has 0 atom stereocenters. The molecule has 13 nitrogen and oxygen atoms in total. The number of aromatic carboxylic acids is 1. The standard InChI is InChI=1S/C26H16N2O11S2/c29-23-15-3-1-2-4-16(15)24(30)21(23)19-8-5-12-9-14(41(37,38)39)11-20(22(12)27-19)28-25(31)18-10-13(40(34,35)36)6-7-17(18)26(32)33/h1-11,21H,(H,28,31)(H,32,33)(H,34,35,36)(H,37,38,39). The van der Waals surface area contributed by atoms with Crippen LogP contribution in [0.4, 0.5) is 5.69 Å². The minimum atomic E-state index is -4.84. The van der Waals surface area contributed by atoms with Crippen LogP contribution < -0.4 is 5.32 Å². The van der Waals surface area contributed by atoms with Crippen LogP contribution in [0.3, 0.4) is 0 Å². The second-order valence-corrected chi connectivity index (χ2v) is 11.7. The van der Waals surface area contributed by atoms with E-state index in [1.807, 2.05) is 0 Å². The minimum Gasteiger partial charge on any atom is -0.478 e. The van der Waals surface area contributed by atoms with E-state index in [9.17, 15) is 50.2 Å². The summed E-state index contributed by atoms with van der Waals surface area (Å²) in [5, 5.41) is 11.8. The molecule has 1 aliphatic carbocycles. The zero-order valence-electron chi connectivity index (χ0n) is 20.3. The molecule has 1 heterocycles. The summed E-state index contributed by atoms with van der Waals surface area (Å²) < 4.78 is 66.0. The van der Waals surface area contributed by atoms with Crippen molar-refractivity contribution in [1.29, 1.82) is 0 Å². The summed E-state index contributed by atoms with van der Waals surface area (Å²) >= 11 is 0. The fourth-order valence-electron chi connectivity index (χ4n) is 4.49. The number of hydrogen-bond donors (Lipinski definition) is 4. The van der Waals surface area contributed by atoms with E-state index in [0.717, 1.165) is 24.3 Å². The average Bonchev–Trinajstić information content (AvgIpc) is 3.16. The quantitative estimate of drug-likeness (QED) is 0.186. The van der Waals surface area contributed by atoms with Crippen LogP contribution in [-0.4, -0.2) is 59.5 Å². The van der Waals surface area contributed by atoms with Gasteiger partial charge in [-0.1, -0.05) is 30.3 Å². The minimum absolute atomic E-state index is 0.0293. The third-order valence-electron chi connectivity index (χ3n) is 6.38. The van der Waals surface area contributed by atoms with Gasteiger partial charge in [0, 0.05) is 16.5 Å². The first kappa shape index (κ1) is 27.7. The van der Waals surface area contributed by atoms with E-state index in [2.05, 4.69) is 10.3 Å². The van der Waals surface area contributed by atoms with Gasteiger partial charge >= 0.3 is 5.97 Å². The maximum absolute atomic E-state index is 13.2. The third kappa shape index (κ3) is 4.98. The molecule has 3 aromatic carbocycles. The molecule has 1 aromatic heterocycles. The maximum atomic E-state index is 13.2. The Morgan fingerprint density at radius 2 is 1.37 bits per heavy atom. The van der Waals surface area contributed by atoms with Crippen molar-refractivity contribution in [2.24, 2.45) is 0 Å². The first-order valence-corrected chi connectivity index (χ1v) is 14.3. The molecule has 4 aromatic rings. The van der Waals surface area contributed by atoms with Crippen molar-refractivity contribution in [2.75, 3.05) is 5.32 Å². The van der Waals surface area contributed by atoms with E-state index in [0.29, 0.717) is 6.07 Å². The number of carboxylic acids is 1. The molecule has 208 valence electrons. The molecule has 41 heavy (non-hydrogen) atoms. The van der Waals surface area contributed by atoms with Crippen LogP contribution >= 0.6 is 0 Å². The molecule has 1 amide bonds. The molecular weight excluding hydrogens is 580 g/mol. The van der Waals surface area contributed by atoms with Crippen molar-refractivity contribution in [1.82, 2.24) is 4.98 Å². The van der Waals surface area contributed by atoms with E-state index >= 15 is 0 Å². The van der Waals surface area contributed by atoms with Gasteiger partial charge in [0.1, 0.15) is 5.92 Å². The lowest BCUT2D eigenvalue weighted by Crippen LogP contribution is -2.19. The Labute approximate surface area is 231 Å². The molecule has 4 N–H and O–H groups in total. The first-order valence-electron chi connectivity index (χ1n) is 11.4. The number of amides is 1. The van der Waals surface area contributed by atoms with Crippen molar-refractivity contribution < 1.29 is 50.2 Å². The summed E-state index contributed by atoms with van der Waals surface area (Å²) in [4.78, 5) is 53.8. The van der Waals surface area contributed by atoms with Crippen LogP contribution in [0.5, 0.6) is 0 Å². The van der Waals surface area contributed by atoms with Crippen molar-refractivity contribution in [3.63, 3.8) is 0 Å². The summed E-state index contributed by atoms with van der Waals surface area (Å²) in [5.74, 6) is -5.23. The number of carboxylic acid groups (broad SMARTS) is 1. The molecule has 15 heteroatoms. The van der Waals surface area contributed by atoms with Crippen LogP contribution in [-0.2, 0) is 20.2 Å². The largest absolute Gasteiger partial charge is 0.478 e. The Balaban J connectivity index is 1.66. The number of carbonyl (C=O) groups excluding carboxylic acids is 3. The van der Waals surface area contributed by atoms with Gasteiger partial charge in [0.05, 0.1) is 37.8 Å². The number of anilines is 1. The molecular formula is C26H16N2O11S2. The summed E-state index contributed by atoms with van der Waals surface area (Å²) in [5.41, 5.74) is -1.53. The van der Waals surface area contributed by atoms with Crippen molar-refractivity contribution in [2.45, 2.75) is 15.7 Å². The number of Topliss-reactive ketones (excluding diaryl/α,β-unsaturated/α-hetero) is 2. The van der Waals surface area contributed by atoms with Gasteiger partial charge < -0.3 is 10.4 Å². The summed E-state index contributed by atoms with van der Waals surface area (Å²) in [6.45, 7) is 0. The monoisotopic (exact) mass is 596 g/mol. The SMILES string of the molecule is O=C(O)c1ccc(S(=O)(=O)O)cc1C(=O)Nc1cc(S(=O)(=O)O)cc2ccc(C3C(=O)c4ccccc4C3=O)nc12. The number of fused-ring (bicyclic) bond motifs is 2. The van der Waals surface area contributed by atoms with E-state index in [4.69, 9.17) is 0 Å². The fourth-order valence-corrected chi connectivity index (χ4v) is 5.54. The third-order valence-corrected chi connectivity index (χ3v) is 8.06. The predicted molar refractivity (Wildman–Crippen MR) is 141 cm³/mol. The molecule has 0 bridgehead atoms. The zero-order chi connectivity index (χ0) is 29.9. The van der Waals surface area contributed by atoms with E-state index in [-0.39, 0.29) is 33.4 Å². The Morgan fingerprint density at radius 1 is 0.756 bits per heavy atom. The van der Waals surface area contributed by atoms with E-state index in [1.165, 1.54) is 24.3 Å². The van der Waals surface area contributed by atoms with Crippen LogP contribution in [0.25, 0.3) is 10.9 Å². The average molecular weight is 597 g/mol. The van der Waals surface area contributed by atoms with Crippen LogP contribution in [0, 0.1) is 0 Å². The van der Waals surface area contributed by atoms with Crippen LogP contribution in [0.15, 0.2) is 76.5 Å². The number of rotatable bonds is 6. The van der Waals surface area contributed by atoms with Gasteiger partial charge in [-0.15, -0.1) is 0 Å². The molecule has 0 radical (unpaired) electrons. The molecule has 5 rings (SSSR count). The van der Waals surface area contributed by atoms with Gasteiger partial charge in [0.2, 0.25) is 0 Å². The topological polar surface area (TPSA) is 222 Å². The predicted octanol–water partition coefficient (Wildman–Crippen LogP) is 2.84.